The van der Waals surface area contributed by atoms with Crippen LogP contribution in [0.3, 0.4) is 0 Å². The summed E-state index contributed by atoms with van der Waals surface area (Å²) in [6.45, 7) is 0. The topological polar surface area (TPSA) is 48.5 Å². The van der Waals surface area contributed by atoms with E-state index in [-0.39, 0.29) is 0 Å². The highest BCUT2D eigenvalue weighted by Gasteiger charge is 2.23. The Kier molecular flexibility index (Phi) is 9.57. The Balaban J connectivity index is 0.993. The third-order valence-corrected chi connectivity index (χ3v) is 13.5. The summed E-state index contributed by atoms with van der Waals surface area (Å²) in [5.74, 6) is 1.84. The van der Waals surface area contributed by atoms with Gasteiger partial charge < -0.3 is 9.13 Å². The highest BCUT2D eigenvalue weighted by Crippen LogP contribution is 2.41. The molecule has 0 N–H and O–H groups in total. The molecule has 0 amide bonds. The van der Waals surface area contributed by atoms with Crippen LogP contribution in [0.2, 0.25) is 0 Å². The molecule has 0 saturated heterocycles. The molecule has 0 aliphatic heterocycles. The SMILES string of the molecule is C1=Cc2c(n(-c3cc(-c4ccccc4)ccc3-c3cccc(-c4nc(-c5ccccc5)nc(-c5ccc(-n6c7ccccc7c7ccccc76)c(-c6ccccc6)c5)n4)c3)c3ccccc23)CC1. The van der Waals surface area contributed by atoms with Gasteiger partial charge in [0.2, 0.25) is 0 Å². The number of rotatable bonds is 8. The molecular weight excluding hydrogens is 827 g/mol. The zero-order chi connectivity index (χ0) is 45.0. The van der Waals surface area contributed by atoms with Crippen molar-refractivity contribution in [2.75, 3.05) is 0 Å². The molecule has 9 aromatic carbocycles. The van der Waals surface area contributed by atoms with E-state index in [1.807, 2.05) is 18.2 Å². The van der Waals surface area contributed by atoms with E-state index in [2.05, 4.69) is 228 Å². The van der Waals surface area contributed by atoms with Gasteiger partial charge in [0.15, 0.2) is 17.5 Å². The molecule has 0 saturated carbocycles. The summed E-state index contributed by atoms with van der Waals surface area (Å²) in [7, 11) is 0. The van der Waals surface area contributed by atoms with Gasteiger partial charge in [0.1, 0.15) is 0 Å². The lowest BCUT2D eigenvalue weighted by atomic mass is 9.96. The van der Waals surface area contributed by atoms with Crippen LogP contribution in [0.25, 0.3) is 118 Å². The number of aromatic nitrogens is 5. The van der Waals surface area contributed by atoms with Gasteiger partial charge >= 0.3 is 0 Å². The number of fused-ring (bicyclic) bond motifs is 6. The maximum Gasteiger partial charge on any atom is 0.164 e. The number of allylic oxidation sites excluding steroid dienone is 1. The summed E-state index contributed by atoms with van der Waals surface area (Å²) in [6.07, 6.45) is 6.59. The largest absolute Gasteiger partial charge is 0.312 e. The van der Waals surface area contributed by atoms with E-state index in [0.29, 0.717) is 17.5 Å². The molecule has 0 atom stereocenters. The molecule has 1 aliphatic rings. The zero-order valence-corrected chi connectivity index (χ0v) is 37.2. The summed E-state index contributed by atoms with van der Waals surface area (Å²) < 4.78 is 4.89. The van der Waals surface area contributed by atoms with E-state index in [4.69, 9.17) is 15.0 Å². The minimum atomic E-state index is 0.608. The van der Waals surface area contributed by atoms with E-state index in [9.17, 15) is 0 Å². The van der Waals surface area contributed by atoms with E-state index >= 15 is 0 Å². The summed E-state index contributed by atoms with van der Waals surface area (Å²) >= 11 is 0. The second kappa shape index (κ2) is 16.5. The predicted octanol–water partition coefficient (Wildman–Crippen LogP) is 15.9. The molecule has 5 nitrogen and oxygen atoms in total. The Labute approximate surface area is 394 Å². The monoisotopic (exact) mass is 869 g/mol. The van der Waals surface area contributed by atoms with Crippen LogP contribution in [0, 0.1) is 0 Å². The summed E-state index contributed by atoms with van der Waals surface area (Å²) in [4.78, 5) is 15.8. The Morgan fingerprint density at radius 3 is 1.51 bits per heavy atom. The Morgan fingerprint density at radius 2 is 0.838 bits per heavy atom. The molecule has 12 aromatic rings. The van der Waals surface area contributed by atoms with Crippen molar-refractivity contribution in [3.63, 3.8) is 0 Å². The third kappa shape index (κ3) is 6.75. The predicted molar refractivity (Wildman–Crippen MR) is 281 cm³/mol. The van der Waals surface area contributed by atoms with E-state index in [1.165, 1.54) is 44.1 Å². The van der Waals surface area contributed by atoms with E-state index in [0.717, 1.165) is 74.2 Å². The summed E-state index contributed by atoms with van der Waals surface area (Å²) in [6, 6.07) is 79.9. The van der Waals surface area contributed by atoms with Crippen LogP contribution >= 0.6 is 0 Å². The maximum absolute atomic E-state index is 5.34. The first-order valence-electron chi connectivity index (χ1n) is 23.3. The first kappa shape index (κ1) is 39.4. The molecule has 68 heavy (non-hydrogen) atoms. The van der Waals surface area contributed by atoms with Gasteiger partial charge in [0, 0.05) is 55.2 Å². The average Bonchev–Trinajstić information content (AvgIpc) is 3.94. The van der Waals surface area contributed by atoms with E-state index < -0.39 is 0 Å². The van der Waals surface area contributed by atoms with Crippen molar-refractivity contribution >= 4 is 38.8 Å². The Morgan fingerprint density at radius 1 is 0.324 bits per heavy atom. The lowest BCUT2D eigenvalue weighted by Gasteiger charge is -2.19. The molecular formula is C63H43N5. The molecule has 0 fully saturated rings. The fraction of sp³-hybridized carbons (Fsp3) is 0.0317. The summed E-state index contributed by atoms with van der Waals surface area (Å²) in [5, 5.41) is 3.72. The van der Waals surface area contributed by atoms with Gasteiger partial charge in [-0.15, -0.1) is 0 Å². The Bertz CT molecular complexity index is 3850. The minimum absolute atomic E-state index is 0.608. The van der Waals surface area contributed by atoms with Crippen molar-refractivity contribution in [3.8, 4) is 78.9 Å². The molecule has 1 aliphatic carbocycles. The molecule has 0 radical (unpaired) electrons. The average molecular weight is 870 g/mol. The van der Waals surface area contributed by atoms with Gasteiger partial charge in [0.05, 0.1) is 27.9 Å². The lowest BCUT2D eigenvalue weighted by Crippen LogP contribution is -2.05. The fourth-order valence-electron chi connectivity index (χ4n) is 10.3. The molecule has 0 unspecified atom stereocenters. The van der Waals surface area contributed by atoms with Crippen LogP contribution in [0.1, 0.15) is 17.7 Å². The van der Waals surface area contributed by atoms with Crippen LogP contribution in [0.15, 0.2) is 231 Å². The van der Waals surface area contributed by atoms with Crippen molar-refractivity contribution < 1.29 is 0 Å². The first-order valence-corrected chi connectivity index (χ1v) is 23.3. The van der Waals surface area contributed by atoms with Gasteiger partial charge in [-0.2, -0.15) is 0 Å². The number of nitrogens with zero attached hydrogens (tertiary/aromatic N) is 5. The number of benzene rings is 9. The smallest absolute Gasteiger partial charge is 0.164 e. The van der Waals surface area contributed by atoms with Crippen molar-refractivity contribution in [2.45, 2.75) is 12.8 Å². The van der Waals surface area contributed by atoms with Crippen LogP contribution < -0.4 is 0 Å². The molecule has 13 rings (SSSR count). The Hall–Kier alpha value is -8.93. The molecule has 5 heteroatoms. The van der Waals surface area contributed by atoms with E-state index in [1.54, 1.807) is 0 Å². The van der Waals surface area contributed by atoms with Gasteiger partial charge in [-0.05, 0) is 83.6 Å². The second-order valence-corrected chi connectivity index (χ2v) is 17.5. The quantitative estimate of drug-likeness (QED) is 0.153. The van der Waals surface area contributed by atoms with Crippen molar-refractivity contribution in [2.24, 2.45) is 0 Å². The summed E-state index contributed by atoms with van der Waals surface area (Å²) in [5.41, 5.74) is 17.9. The van der Waals surface area contributed by atoms with Crippen LogP contribution in [-0.4, -0.2) is 24.1 Å². The fourth-order valence-corrected chi connectivity index (χ4v) is 10.3. The standard InChI is InChI=1S/C63H43N5/c1-4-19-42(20-5-1)45-35-37-49(60(41-45)68-57-33-16-12-29-52(57)53-30-13-17-34-58(53)68)46-25-18-26-47(39-46)62-64-61(44-23-8-3-9-24-44)65-63(66-62)48-36-38-59(54(40-48)43-21-6-2-7-22-43)67-55-31-14-10-27-50(55)51-28-11-15-32-56(51)67/h1-16,18-33,35-41H,17,34H2. The lowest BCUT2D eigenvalue weighted by molar-refractivity contribution is 0.889. The highest BCUT2D eigenvalue weighted by molar-refractivity contribution is 6.10. The van der Waals surface area contributed by atoms with Gasteiger partial charge in [-0.25, -0.2) is 15.0 Å². The van der Waals surface area contributed by atoms with Gasteiger partial charge in [-0.3, -0.25) is 0 Å². The number of hydrogen-bond acceptors (Lipinski definition) is 3. The van der Waals surface area contributed by atoms with Crippen LogP contribution in [0.5, 0.6) is 0 Å². The number of hydrogen-bond donors (Lipinski definition) is 0. The first-order chi connectivity index (χ1) is 33.7. The second-order valence-electron chi connectivity index (χ2n) is 17.5. The molecule has 0 bridgehead atoms. The minimum Gasteiger partial charge on any atom is -0.312 e. The zero-order valence-electron chi connectivity index (χ0n) is 37.2. The van der Waals surface area contributed by atoms with Crippen molar-refractivity contribution in [1.82, 2.24) is 24.1 Å². The number of para-hydroxylation sites is 3. The van der Waals surface area contributed by atoms with Crippen molar-refractivity contribution in [3.05, 3.63) is 242 Å². The van der Waals surface area contributed by atoms with Crippen LogP contribution in [-0.2, 0) is 6.42 Å². The van der Waals surface area contributed by atoms with Gasteiger partial charge in [0.25, 0.3) is 0 Å². The highest BCUT2D eigenvalue weighted by atomic mass is 15.0. The third-order valence-electron chi connectivity index (χ3n) is 13.5. The molecule has 0 spiro atoms. The van der Waals surface area contributed by atoms with Gasteiger partial charge in [-0.1, -0.05) is 188 Å². The normalized spacial score (nSPS) is 12.2. The maximum atomic E-state index is 5.34. The molecule has 3 aromatic heterocycles. The van der Waals surface area contributed by atoms with Crippen LogP contribution in [0.4, 0.5) is 0 Å². The molecule has 3 heterocycles. The molecule has 320 valence electrons. The van der Waals surface area contributed by atoms with Crippen molar-refractivity contribution in [1.29, 1.82) is 0 Å².